The van der Waals surface area contributed by atoms with Crippen LogP contribution in [0.5, 0.6) is 5.75 Å². The van der Waals surface area contributed by atoms with E-state index in [4.69, 9.17) is 0 Å². The molecule has 0 aliphatic rings. The molecule has 0 saturated heterocycles. The van der Waals surface area contributed by atoms with Gasteiger partial charge in [-0.25, -0.2) is 0 Å². The van der Waals surface area contributed by atoms with Crippen molar-refractivity contribution in [2.45, 2.75) is 26.1 Å². The molecule has 5 heteroatoms. The number of halogens is 3. The van der Waals surface area contributed by atoms with Gasteiger partial charge in [0.05, 0.1) is 0 Å². The molecule has 0 unspecified atom stereocenters. The van der Waals surface area contributed by atoms with Gasteiger partial charge in [-0.15, -0.1) is 13.2 Å². The molecule has 1 aromatic rings. The van der Waals surface area contributed by atoms with E-state index in [1.165, 1.54) is 12.1 Å². The van der Waals surface area contributed by atoms with E-state index in [-0.39, 0.29) is 11.7 Å². The second-order valence-electron chi connectivity index (χ2n) is 3.74. The average Bonchev–Trinajstić information content (AvgIpc) is 2.14. The molecule has 90 valence electrons. The minimum Gasteiger partial charge on any atom is -0.406 e. The minimum atomic E-state index is -4.65. The first-order chi connectivity index (χ1) is 7.31. The summed E-state index contributed by atoms with van der Waals surface area (Å²) in [4.78, 5) is 0. The molecule has 0 radical (unpaired) electrons. The minimum absolute atomic E-state index is 0.142. The lowest BCUT2D eigenvalue weighted by Crippen LogP contribution is -2.17. The summed E-state index contributed by atoms with van der Waals surface area (Å²) in [5, 5.41) is 2.80. The van der Waals surface area contributed by atoms with Crippen LogP contribution in [0.3, 0.4) is 0 Å². The first-order valence-corrected chi connectivity index (χ1v) is 4.90. The Bertz CT molecular complexity index is 361. The molecule has 1 aromatic carbocycles. The molecule has 0 spiro atoms. The Morgan fingerprint density at radius 1 is 1.19 bits per heavy atom. The van der Waals surface area contributed by atoms with E-state index in [1.807, 2.05) is 13.8 Å². The third-order valence-electron chi connectivity index (χ3n) is 2.12. The lowest BCUT2D eigenvalue weighted by molar-refractivity contribution is -0.274. The van der Waals surface area contributed by atoms with Crippen LogP contribution in [0.25, 0.3) is 0 Å². The SMILES string of the molecule is CNc1cc(OC(F)(F)F)cc(C(C)C)c1. The molecule has 0 aliphatic carbocycles. The second-order valence-corrected chi connectivity index (χ2v) is 3.74. The predicted molar refractivity (Wildman–Crippen MR) is 56.8 cm³/mol. The van der Waals surface area contributed by atoms with Gasteiger partial charge in [0.2, 0.25) is 0 Å². The quantitative estimate of drug-likeness (QED) is 0.858. The maximum absolute atomic E-state index is 12.1. The van der Waals surface area contributed by atoms with E-state index in [2.05, 4.69) is 10.1 Å². The smallest absolute Gasteiger partial charge is 0.406 e. The fourth-order valence-electron chi connectivity index (χ4n) is 1.29. The van der Waals surface area contributed by atoms with Crippen molar-refractivity contribution in [2.24, 2.45) is 0 Å². The third-order valence-corrected chi connectivity index (χ3v) is 2.12. The zero-order valence-corrected chi connectivity index (χ0v) is 9.35. The van der Waals surface area contributed by atoms with Crippen molar-refractivity contribution < 1.29 is 17.9 Å². The molecular weight excluding hydrogens is 219 g/mol. The van der Waals surface area contributed by atoms with E-state index in [0.29, 0.717) is 5.69 Å². The van der Waals surface area contributed by atoms with Crippen LogP contribution in [0.4, 0.5) is 18.9 Å². The summed E-state index contributed by atoms with van der Waals surface area (Å²) >= 11 is 0. The Kier molecular flexibility index (Phi) is 3.67. The highest BCUT2D eigenvalue weighted by molar-refractivity contribution is 5.51. The van der Waals surface area contributed by atoms with Crippen LogP contribution in [-0.2, 0) is 0 Å². The Hall–Kier alpha value is -1.39. The van der Waals surface area contributed by atoms with Crippen LogP contribution < -0.4 is 10.1 Å². The lowest BCUT2D eigenvalue weighted by atomic mass is 10.0. The van der Waals surface area contributed by atoms with Gasteiger partial charge in [-0.3, -0.25) is 0 Å². The van der Waals surface area contributed by atoms with Gasteiger partial charge in [0.25, 0.3) is 0 Å². The van der Waals surface area contributed by atoms with Gasteiger partial charge < -0.3 is 10.1 Å². The molecule has 16 heavy (non-hydrogen) atoms. The molecule has 0 saturated carbocycles. The Morgan fingerprint density at radius 2 is 1.81 bits per heavy atom. The van der Waals surface area contributed by atoms with Crippen molar-refractivity contribution in [1.82, 2.24) is 0 Å². The highest BCUT2D eigenvalue weighted by atomic mass is 19.4. The predicted octanol–water partition coefficient (Wildman–Crippen LogP) is 3.75. The van der Waals surface area contributed by atoms with Gasteiger partial charge in [-0.2, -0.15) is 0 Å². The average molecular weight is 233 g/mol. The third kappa shape index (κ3) is 3.64. The number of benzene rings is 1. The van der Waals surface area contributed by atoms with Gasteiger partial charge in [0.15, 0.2) is 0 Å². The van der Waals surface area contributed by atoms with E-state index in [0.717, 1.165) is 5.56 Å². The zero-order chi connectivity index (χ0) is 12.3. The van der Waals surface area contributed by atoms with Crippen molar-refractivity contribution in [3.05, 3.63) is 23.8 Å². The normalized spacial score (nSPS) is 11.7. The second kappa shape index (κ2) is 4.63. The number of anilines is 1. The molecule has 0 amide bonds. The van der Waals surface area contributed by atoms with E-state index in [9.17, 15) is 13.2 Å². The lowest BCUT2D eigenvalue weighted by Gasteiger charge is -2.14. The fourth-order valence-corrected chi connectivity index (χ4v) is 1.29. The molecule has 2 nitrogen and oxygen atoms in total. The van der Waals surface area contributed by atoms with Crippen molar-refractivity contribution >= 4 is 5.69 Å². The Balaban J connectivity index is 3.04. The first-order valence-electron chi connectivity index (χ1n) is 4.90. The number of ether oxygens (including phenoxy) is 1. The van der Waals surface area contributed by atoms with Crippen LogP contribution in [-0.4, -0.2) is 13.4 Å². The maximum Gasteiger partial charge on any atom is 0.573 e. The highest BCUT2D eigenvalue weighted by Crippen LogP contribution is 2.29. The summed E-state index contributed by atoms with van der Waals surface area (Å²) in [7, 11) is 1.65. The zero-order valence-electron chi connectivity index (χ0n) is 9.35. The van der Waals surface area contributed by atoms with Crippen LogP contribution in [0.1, 0.15) is 25.3 Å². The van der Waals surface area contributed by atoms with Crippen molar-refractivity contribution in [3.63, 3.8) is 0 Å². The van der Waals surface area contributed by atoms with Gasteiger partial charge in [0, 0.05) is 18.8 Å². The van der Waals surface area contributed by atoms with Gasteiger partial charge in [0.1, 0.15) is 5.75 Å². The molecular formula is C11H14F3NO. The van der Waals surface area contributed by atoms with Gasteiger partial charge in [-0.1, -0.05) is 13.8 Å². The fraction of sp³-hybridized carbons (Fsp3) is 0.455. The molecule has 0 atom stereocenters. The number of hydrogen-bond donors (Lipinski definition) is 1. The van der Waals surface area contributed by atoms with E-state index >= 15 is 0 Å². The molecule has 0 heterocycles. The summed E-state index contributed by atoms with van der Waals surface area (Å²) < 4.78 is 40.1. The first kappa shape index (κ1) is 12.7. The number of alkyl halides is 3. The van der Waals surface area contributed by atoms with E-state index < -0.39 is 6.36 Å². The van der Waals surface area contributed by atoms with Gasteiger partial charge >= 0.3 is 6.36 Å². The summed E-state index contributed by atoms with van der Waals surface area (Å²) in [6, 6.07) is 4.52. The van der Waals surface area contributed by atoms with E-state index in [1.54, 1.807) is 13.1 Å². The standard InChI is InChI=1S/C11H14F3NO/c1-7(2)8-4-9(15-3)6-10(5-8)16-11(12,13)14/h4-7,15H,1-3H3. The Morgan fingerprint density at radius 3 is 2.25 bits per heavy atom. The van der Waals surface area contributed by atoms with Crippen molar-refractivity contribution in [3.8, 4) is 5.75 Å². The number of nitrogens with one attached hydrogen (secondary N) is 1. The van der Waals surface area contributed by atoms with Gasteiger partial charge in [-0.05, 0) is 23.6 Å². The highest BCUT2D eigenvalue weighted by Gasteiger charge is 2.31. The molecule has 1 N–H and O–H groups in total. The summed E-state index contributed by atoms with van der Waals surface area (Å²) in [6.45, 7) is 3.82. The molecule has 0 aromatic heterocycles. The number of hydrogen-bond acceptors (Lipinski definition) is 2. The monoisotopic (exact) mass is 233 g/mol. The molecule has 0 aliphatic heterocycles. The van der Waals surface area contributed by atoms with Crippen molar-refractivity contribution in [1.29, 1.82) is 0 Å². The van der Waals surface area contributed by atoms with Crippen molar-refractivity contribution in [2.75, 3.05) is 12.4 Å². The summed E-state index contributed by atoms with van der Waals surface area (Å²) in [5.74, 6) is -0.0491. The van der Waals surface area contributed by atoms with Crippen LogP contribution in [0, 0.1) is 0 Å². The summed E-state index contributed by atoms with van der Waals surface area (Å²) in [6.07, 6.45) is -4.65. The largest absolute Gasteiger partial charge is 0.573 e. The topological polar surface area (TPSA) is 21.3 Å². The number of rotatable bonds is 3. The van der Waals surface area contributed by atoms with Crippen LogP contribution in [0.15, 0.2) is 18.2 Å². The molecule has 1 rings (SSSR count). The molecule has 0 bridgehead atoms. The summed E-state index contributed by atoms with van der Waals surface area (Å²) in [5.41, 5.74) is 1.40. The van der Waals surface area contributed by atoms with Crippen LogP contribution >= 0.6 is 0 Å². The Labute approximate surface area is 92.4 Å². The molecule has 0 fully saturated rings. The van der Waals surface area contributed by atoms with Crippen LogP contribution in [0.2, 0.25) is 0 Å². The maximum atomic E-state index is 12.1.